The van der Waals surface area contributed by atoms with Crippen LogP contribution in [0.2, 0.25) is 0 Å². The van der Waals surface area contributed by atoms with Crippen LogP contribution in [0.25, 0.3) is 0 Å². The highest BCUT2D eigenvalue weighted by molar-refractivity contribution is 7.89. The Kier molecular flexibility index (Phi) is 7.13. The fourth-order valence-electron chi connectivity index (χ4n) is 1.24. The molecule has 0 amide bonds. The highest BCUT2D eigenvalue weighted by atomic mass is 32.2. The summed E-state index contributed by atoms with van der Waals surface area (Å²) in [6, 6.07) is 0.0989. The Morgan fingerprint density at radius 3 is 2.36 bits per heavy atom. The monoisotopic (exact) mass is 222 g/mol. The molecule has 0 aromatic carbocycles. The highest BCUT2D eigenvalue weighted by Crippen LogP contribution is 2.02. The van der Waals surface area contributed by atoms with Crippen molar-refractivity contribution >= 4 is 10.0 Å². The van der Waals surface area contributed by atoms with Crippen LogP contribution in [0, 0.1) is 0 Å². The van der Waals surface area contributed by atoms with Crippen LogP contribution in [-0.2, 0) is 10.0 Å². The molecule has 4 nitrogen and oxygen atoms in total. The third kappa shape index (κ3) is 6.34. The maximum Gasteiger partial charge on any atom is 0.213 e. The first kappa shape index (κ1) is 13.9. The lowest BCUT2D eigenvalue weighted by Crippen LogP contribution is -2.38. The zero-order chi connectivity index (χ0) is 11.0. The summed E-state index contributed by atoms with van der Waals surface area (Å²) in [6.45, 7) is 4.56. The molecule has 0 rings (SSSR count). The van der Waals surface area contributed by atoms with Crippen molar-refractivity contribution in [3.63, 3.8) is 0 Å². The Bertz CT molecular complexity index is 227. The van der Waals surface area contributed by atoms with Crippen LogP contribution in [0.15, 0.2) is 0 Å². The van der Waals surface area contributed by atoms with Gasteiger partial charge in [-0.05, 0) is 19.9 Å². The maximum atomic E-state index is 11.5. The predicted octanol–water partition coefficient (Wildman–Crippen LogP) is 0.704. The minimum atomic E-state index is -3.09. The molecule has 0 spiro atoms. The zero-order valence-electron chi connectivity index (χ0n) is 9.34. The summed E-state index contributed by atoms with van der Waals surface area (Å²) >= 11 is 0. The molecule has 1 atom stereocenters. The molecule has 0 heterocycles. The molecule has 0 aliphatic carbocycles. The van der Waals surface area contributed by atoms with Gasteiger partial charge in [0, 0.05) is 12.6 Å². The average Bonchev–Trinajstić information content (AvgIpc) is 2.14. The average molecular weight is 222 g/mol. The van der Waals surface area contributed by atoms with Gasteiger partial charge < -0.3 is 5.32 Å². The van der Waals surface area contributed by atoms with E-state index in [2.05, 4.69) is 17.0 Å². The second-order valence-corrected chi connectivity index (χ2v) is 5.31. The Hall–Kier alpha value is -0.130. The quantitative estimate of drug-likeness (QED) is 0.636. The Balaban J connectivity index is 4.04. The molecule has 0 aromatic heterocycles. The van der Waals surface area contributed by atoms with Gasteiger partial charge in [-0.1, -0.05) is 20.3 Å². The third-order valence-corrected chi connectivity index (χ3v) is 3.53. The van der Waals surface area contributed by atoms with Crippen LogP contribution in [0.4, 0.5) is 0 Å². The normalized spacial score (nSPS) is 14.2. The van der Waals surface area contributed by atoms with Gasteiger partial charge in [-0.3, -0.25) is 0 Å². The van der Waals surface area contributed by atoms with E-state index in [1.807, 2.05) is 6.92 Å². The van der Waals surface area contributed by atoms with E-state index in [0.717, 1.165) is 19.3 Å². The topological polar surface area (TPSA) is 58.2 Å². The smallest absolute Gasteiger partial charge is 0.213 e. The molecule has 0 aromatic rings. The van der Waals surface area contributed by atoms with Crippen molar-refractivity contribution in [1.82, 2.24) is 10.0 Å². The lowest BCUT2D eigenvalue weighted by molar-refractivity contribution is 0.511. The van der Waals surface area contributed by atoms with Gasteiger partial charge in [0.05, 0.1) is 5.75 Å². The van der Waals surface area contributed by atoms with E-state index in [4.69, 9.17) is 0 Å². The fourth-order valence-corrected chi connectivity index (χ4v) is 2.63. The minimum Gasteiger partial charge on any atom is -0.319 e. The number of hydrogen-bond donors (Lipinski definition) is 2. The molecule has 0 aliphatic rings. The maximum absolute atomic E-state index is 11.5. The number of rotatable bonds is 8. The summed E-state index contributed by atoms with van der Waals surface area (Å²) in [5.41, 5.74) is 0. The van der Waals surface area contributed by atoms with Crippen LogP contribution in [0.1, 0.15) is 33.1 Å². The van der Waals surface area contributed by atoms with Crippen LogP contribution < -0.4 is 10.0 Å². The van der Waals surface area contributed by atoms with Gasteiger partial charge in [0.2, 0.25) is 10.0 Å². The molecule has 0 fully saturated rings. The number of nitrogens with one attached hydrogen (secondary N) is 2. The molecule has 0 bridgehead atoms. The SMILES string of the molecule is CCCC(CC)NS(=O)(=O)CCNC. The van der Waals surface area contributed by atoms with Gasteiger partial charge in [-0.2, -0.15) is 0 Å². The molecule has 0 radical (unpaired) electrons. The van der Waals surface area contributed by atoms with Crippen molar-refractivity contribution in [2.24, 2.45) is 0 Å². The van der Waals surface area contributed by atoms with Crippen LogP contribution >= 0.6 is 0 Å². The van der Waals surface area contributed by atoms with E-state index >= 15 is 0 Å². The standard InChI is InChI=1S/C9H22N2O2S/c1-4-6-9(5-2)11-14(12,13)8-7-10-3/h9-11H,4-8H2,1-3H3. The molecular weight excluding hydrogens is 200 g/mol. The first-order valence-electron chi connectivity index (χ1n) is 5.20. The van der Waals surface area contributed by atoms with Crippen molar-refractivity contribution < 1.29 is 8.42 Å². The number of sulfonamides is 1. The largest absolute Gasteiger partial charge is 0.319 e. The van der Waals surface area contributed by atoms with Crippen molar-refractivity contribution in [3.8, 4) is 0 Å². The first-order valence-corrected chi connectivity index (χ1v) is 6.85. The summed E-state index contributed by atoms with van der Waals surface area (Å²) in [4.78, 5) is 0. The van der Waals surface area contributed by atoms with E-state index < -0.39 is 10.0 Å². The van der Waals surface area contributed by atoms with E-state index in [1.165, 1.54) is 0 Å². The lowest BCUT2D eigenvalue weighted by atomic mass is 10.1. The molecule has 2 N–H and O–H groups in total. The minimum absolute atomic E-state index is 0.0989. The molecule has 0 aliphatic heterocycles. The van der Waals surface area contributed by atoms with E-state index in [1.54, 1.807) is 7.05 Å². The predicted molar refractivity (Wildman–Crippen MR) is 59.8 cm³/mol. The van der Waals surface area contributed by atoms with E-state index in [-0.39, 0.29) is 11.8 Å². The summed E-state index contributed by atoms with van der Waals surface area (Å²) in [5.74, 6) is 0.156. The molecule has 1 unspecified atom stereocenters. The summed E-state index contributed by atoms with van der Waals surface area (Å²) in [5, 5.41) is 2.83. The second kappa shape index (κ2) is 7.20. The molecule has 0 saturated heterocycles. The highest BCUT2D eigenvalue weighted by Gasteiger charge is 2.14. The first-order chi connectivity index (χ1) is 6.55. The van der Waals surface area contributed by atoms with Gasteiger partial charge in [0.25, 0.3) is 0 Å². The van der Waals surface area contributed by atoms with Crippen LogP contribution in [0.3, 0.4) is 0 Å². The van der Waals surface area contributed by atoms with Gasteiger partial charge in [0.1, 0.15) is 0 Å². The molecular formula is C9H22N2O2S. The summed E-state index contributed by atoms with van der Waals surface area (Å²) < 4.78 is 25.7. The van der Waals surface area contributed by atoms with Gasteiger partial charge >= 0.3 is 0 Å². The summed E-state index contributed by atoms with van der Waals surface area (Å²) in [6.07, 6.45) is 2.77. The number of hydrogen-bond acceptors (Lipinski definition) is 3. The Labute approximate surface area is 87.5 Å². The molecule has 86 valence electrons. The Morgan fingerprint density at radius 2 is 1.93 bits per heavy atom. The molecule has 0 saturated carbocycles. The Morgan fingerprint density at radius 1 is 1.29 bits per heavy atom. The van der Waals surface area contributed by atoms with E-state index in [9.17, 15) is 8.42 Å². The third-order valence-electron chi connectivity index (χ3n) is 2.10. The zero-order valence-corrected chi connectivity index (χ0v) is 10.2. The fraction of sp³-hybridized carbons (Fsp3) is 1.00. The van der Waals surface area contributed by atoms with Gasteiger partial charge in [-0.15, -0.1) is 0 Å². The van der Waals surface area contributed by atoms with Crippen LogP contribution in [0.5, 0.6) is 0 Å². The van der Waals surface area contributed by atoms with Crippen molar-refractivity contribution in [1.29, 1.82) is 0 Å². The lowest BCUT2D eigenvalue weighted by Gasteiger charge is -2.15. The van der Waals surface area contributed by atoms with Crippen molar-refractivity contribution in [2.75, 3.05) is 19.3 Å². The van der Waals surface area contributed by atoms with Gasteiger partial charge in [-0.25, -0.2) is 13.1 Å². The summed E-state index contributed by atoms with van der Waals surface area (Å²) in [7, 11) is -1.34. The van der Waals surface area contributed by atoms with Crippen LogP contribution in [-0.4, -0.2) is 33.8 Å². The second-order valence-electron chi connectivity index (χ2n) is 3.43. The molecule has 14 heavy (non-hydrogen) atoms. The van der Waals surface area contributed by atoms with Crippen molar-refractivity contribution in [2.45, 2.75) is 39.2 Å². The van der Waals surface area contributed by atoms with Gasteiger partial charge in [0.15, 0.2) is 0 Å². The van der Waals surface area contributed by atoms with E-state index in [0.29, 0.717) is 6.54 Å². The molecule has 5 heteroatoms. The van der Waals surface area contributed by atoms with Crippen molar-refractivity contribution in [3.05, 3.63) is 0 Å².